The van der Waals surface area contributed by atoms with Crippen molar-refractivity contribution in [1.29, 1.82) is 0 Å². The zero-order valence-electron chi connectivity index (χ0n) is 15.6. The number of para-hydroxylation sites is 1. The van der Waals surface area contributed by atoms with Gasteiger partial charge in [0.05, 0.1) is 17.1 Å². The number of anilines is 1. The van der Waals surface area contributed by atoms with Gasteiger partial charge in [0.1, 0.15) is 4.90 Å². The van der Waals surface area contributed by atoms with Crippen LogP contribution in [0.5, 0.6) is 0 Å². The Bertz CT molecular complexity index is 1060. The normalized spacial score (nSPS) is 16.9. The molecule has 0 aromatic heterocycles. The van der Waals surface area contributed by atoms with E-state index in [4.69, 9.17) is 11.6 Å². The molecular formula is C19H18ClF3N2O3S. The maximum absolute atomic E-state index is 13.0. The number of hydrogen-bond acceptors (Lipinski definition) is 3. The first-order valence-corrected chi connectivity index (χ1v) is 10.5. The summed E-state index contributed by atoms with van der Waals surface area (Å²) in [6.45, 7) is 1.31. The number of rotatable bonds is 4. The SMILES string of the molecule is C[C@@H]1Cc2ccccc2N1C(=O)CN(C)S(=O)(=O)c1cc(C(F)(F)F)ccc1Cl. The summed E-state index contributed by atoms with van der Waals surface area (Å²) in [6, 6.07) is 9.20. The molecule has 1 aliphatic heterocycles. The first kappa shape index (κ1) is 21.6. The Morgan fingerprint density at radius 2 is 1.90 bits per heavy atom. The van der Waals surface area contributed by atoms with Crippen molar-refractivity contribution in [3.05, 3.63) is 58.6 Å². The topological polar surface area (TPSA) is 57.7 Å². The molecule has 1 aliphatic rings. The fourth-order valence-corrected chi connectivity index (χ4v) is 4.96. The predicted molar refractivity (Wildman–Crippen MR) is 103 cm³/mol. The van der Waals surface area contributed by atoms with Gasteiger partial charge in [-0.05, 0) is 43.2 Å². The van der Waals surface area contributed by atoms with Crippen LogP contribution in [-0.4, -0.2) is 38.3 Å². The van der Waals surface area contributed by atoms with Gasteiger partial charge in [-0.2, -0.15) is 17.5 Å². The number of halogens is 4. The van der Waals surface area contributed by atoms with Crippen molar-refractivity contribution in [2.75, 3.05) is 18.5 Å². The van der Waals surface area contributed by atoms with Gasteiger partial charge in [0.15, 0.2) is 0 Å². The van der Waals surface area contributed by atoms with Crippen molar-refractivity contribution < 1.29 is 26.4 Å². The molecule has 0 N–H and O–H groups in total. The molecule has 0 unspecified atom stereocenters. The summed E-state index contributed by atoms with van der Waals surface area (Å²) in [7, 11) is -3.28. The van der Waals surface area contributed by atoms with Crippen LogP contribution in [0.25, 0.3) is 0 Å². The van der Waals surface area contributed by atoms with Gasteiger partial charge in [0, 0.05) is 18.8 Å². The van der Waals surface area contributed by atoms with E-state index in [1.165, 1.54) is 4.90 Å². The van der Waals surface area contributed by atoms with Gasteiger partial charge in [0.2, 0.25) is 15.9 Å². The van der Waals surface area contributed by atoms with Gasteiger partial charge < -0.3 is 4.90 Å². The third kappa shape index (κ3) is 4.12. The lowest BCUT2D eigenvalue weighted by molar-refractivity contribution is -0.137. The number of hydrogen-bond donors (Lipinski definition) is 0. The molecule has 29 heavy (non-hydrogen) atoms. The minimum Gasteiger partial charge on any atom is -0.308 e. The number of carbonyl (C=O) groups is 1. The number of carbonyl (C=O) groups excluding carboxylic acids is 1. The van der Waals surface area contributed by atoms with Crippen molar-refractivity contribution in [1.82, 2.24) is 4.31 Å². The van der Waals surface area contributed by atoms with Crippen molar-refractivity contribution >= 4 is 33.2 Å². The van der Waals surface area contributed by atoms with Crippen molar-refractivity contribution in [2.45, 2.75) is 30.5 Å². The smallest absolute Gasteiger partial charge is 0.308 e. The molecule has 3 rings (SSSR count). The molecule has 0 bridgehead atoms. The average Bonchev–Trinajstić information content (AvgIpc) is 2.96. The van der Waals surface area contributed by atoms with Crippen LogP contribution in [0, 0.1) is 0 Å². The van der Waals surface area contributed by atoms with E-state index in [0.29, 0.717) is 28.5 Å². The van der Waals surface area contributed by atoms with E-state index in [1.807, 2.05) is 19.1 Å². The van der Waals surface area contributed by atoms with Crippen LogP contribution in [0.3, 0.4) is 0 Å². The summed E-state index contributed by atoms with van der Waals surface area (Å²) < 4.78 is 65.3. The van der Waals surface area contributed by atoms with Gasteiger partial charge in [-0.3, -0.25) is 4.79 Å². The van der Waals surface area contributed by atoms with E-state index >= 15 is 0 Å². The van der Waals surface area contributed by atoms with Crippen molar-refractivity contribution in [3.8, 4) is 0 Å². The van der Waals surface area contributed by atoms with Gasteiger partial charge in [0.25, 0.3) is 0 Å². The van der Waals surface area contributed by atoms with Crippen molar-refractivity contribution in [3.63, 3.8) is 0 Å². The zero-order valence-corrected chi connectivity index (χ0v) is 17.1. The molecule has 0 radical (unpaired) electrons. The summed E-state index contributed by atoms with van der Waals surface area (Å²) in [6.07, 6.45) is -4.09. The number of fused-ring (bicyclic) bond motifs is 1. The zero-order chi connectivity index (χ0) is 21.6. The lowest BCUT2D eigenvalue weighted by atomic mass is 10.1. The van der Waals surface area contributed by atoms with Gasteiger partial charge in [-0.25, -0.2) is 8.42 Å². The monoisotopic (exact) mass is 446 g/mol. The summed E-state index contributed by atoms with van der Waals surface area (Å²) >= 11 is 5.86. The third-order valence-corrected chi connectivity index (χ3v) is 7.07. The molecule has 1 atom stereocenters. The Kier molecular flexibility index (Phi) is 5.68. The van der Waals surface area contributed by atoms with E-state index in [0.717, 1.165) is 18.7 Å². The highest BCUT2D eigenvalue weighted by molar-refractivity contribution is 7.89. The number of benzene rings is 2. The molecule has 0 saturated carbocycles. The van der Waals surface area contributed by atoms with Crippen LogP contribution in [0.2, 0.25) is 5.02 Å². The molecule has 2 aromatic carbocycles. The molecule has 156 valence electrons. The van der Waals surface area contributed by atoms with Crippen LogP contribution in [-0.2, 0) is 27.4 Å². The highest BCUT2D eigenvalue weighted by Crippen LogP contribution is 2.35. The number of alkyl halides is 3. The minimum atomic E-state index is -4.72. The van der Waals surface area contributed by atoms with Crippen LogP contribution < -0.4 is 4.90 Å². The summed E-state index contributed by atoms with van der Waals surface area (Å²) in [4.78, 5) is 13.6. The quantitative estimate of drug-likeness (QED) is 0.714. The second-order valence-electron chi connectivity index (χ2n) is 6.85. The first-order chi connectivity index (χ1) is 13.4. The number of nitrogens with zero attached hydrogens (tertiary/aromatic N) is 2. The summed E-state index contributed by atoms with van der Waals surface area (Å²) in [5.41, 5.74) is 0.537. The fraction of sp³-hybridized carbons (Fsp3) is 0.316. The summed E-state index contributed by atoms with van der Waals surface area (Å²) in [5.74, 6) is -0.475. The van der Waals surface area contributed by atoms with E-state index in [9.17, 15) is 26.4 Å². The van der Waals surface area contributed by atoms with E-state index in [-0.39, 0.29) is 11.1 Å². The second kappa shape index (κ2) is 7.62. The summed E-state index contributed by atoms with van der Waals surface area (Å²) in [5, 5.41) is -0.350. The number of amides is 1. The first-order valence-electron chi connectivity index (χ1n) is 8.66. The van der Waals surface area contributed by atoms with Gasteiger partial charge >= 0.3 is 6.18 Å². The Morgan fingerprint density at radius 1 is 1.24 bits per heavy atom. The van der Waals surface area contributed by atoms with Crippen molar-refractivity contribution in [2.24, 2.45) is 0 Å². The molecule has 0 fully saturated rings. The molecule has 1 heterocycles. The van der Waals surface area contributed by atoms with E-state index < -0.39 is 39.1 Å². The molecular weight excluding hydrogens is 429 g/mol. The van der Waals surface area contributed by atoms with Crippen LogP contribution in [0.1, 0.15) is 18.1 Å². The highest BCUT2D eigenvalue weighted by Gasteiger charge is 2.36. The molecule has 0 aliphatic carbocycles. The van der Waals surface area contributed by atoms with Crippen LogP contribution >= 0.6 is 11.6 Å². The largest absolute Gasteiger partial charge is 0.416 e. The molecule has 5 nitrogen and oxygen atoms in total. The van der Waals surface area contributed by atoms with Gasteiger partial charge in [-0.1, -0.05) is 29.8 Å². The minimum absolute atomic E-state index is 0.159. The highest BCUT2D eigenvalue weighted by atomic mass is 35.5. The Labute approximate surface area is 171 Å². The molecule has 2 aromatic rings. The fourth-order valence-electron chi connectivity index (χ4n) is 3.34. The van der Waals surface area contributed by atoms with E-state index in [1.54, 1.807) is 12.1 Å². The Balaban J connectivity index is 1.87. The Hall–Kier alpha value is -2.10. The average molecular weight is 447 g/mol. The second-order valence-corrected chi connectivity index (χ2v) is 9.27. The number of sulfonamides is 1. The maximum atomic E-state index is 13.0. The lowest BCUT2D eigenvalue weighted by Gasteiger charge is -2.26. The lowest BCUT2D eigenvalue weighted by Crippen LogP contribution is -2.43. The maximum Gasteiger partial charge on any atom is 0.416 e. The van der Waals surface area contributed by atoms with Crippen LogP contribution in [0.15, 0.2) is 47.4 Å². The van der Waals surface area contributed by atoms with E-state index in [2.05, 4.69) is 0 Å². The molecule has 0 saturated heterocycles. The third-order valence-electron chi connectivity index (χ3n) is 4.78. The molecule has 1 amide bonds. The van der Waals surface area contributed by atoms with Crippen LogP contribution in [0.4, 0.5) is 18.9 Å². The predicted octanol–water partition coefficient (Wildman–Crippen LogP) is 3.96. The Morgan fingerprint density at radius 3 is 2.55 bits per heavy atom. The molecule has 0 spiro atoms. The molecule has 10 heteroatoms. The number of likely N-dealkylation sites (N-methyl/N-ethyl adjacent to an activating group) is 1. The standard InChI is InChI=1S/C19H18ClF3N2O3S/c1-12-9-13-5-3-4-6-16(13)25(12)18(26)11-24(2)29(27,28)17-10-14(19(21,22)23)7-8-15(17)20/h3-8,10,12H,9,11H2,1-2H3/t12-/m1/s1. The van der Waals surface area contributed by atoms with Gasteiger partial charge in [-0.15, -0.1) is 0 Å².